The van der Waals surface area contributed by atoms with E-state index in [4.69, 9.17) is 0 Å². The van der Waals surface area contributed by atoms with Gasteiger partial charge < -0.3 is 4.90 Å². The Balaban J connectivity index is 1.74. The zero-order chi connectivity index (χ0) is 17.5. The van der Waals surface area contributed by atoms with E-state index in [2.05, 4.69) is 27.4 Å². The lowest BCUT2D eigenvalue weighted by molar-refractivity contribution is -0.134. The zero-order valence-electron chi connectivity index (χ0n) is 14.8. The van der Waals surface area contributed by atoms with Gasteiger partial charge in [-0.05, 0) is 38.2 Å². The third kappa shape index (κ3) is 4.86. The Morgan fingerprint density at radius 1 is 1.16 bits per heavy atom. The van der Waals surface area contributed by atoms with E-state index < -0.39 is 0 Å². The van der Waals surface area contributed by atoms with Crippen molar-refractivity contribution < 1.29 is 4.79 Å². The first-order valence-corrected chi connectivity index (χ1v) is 9.08. The summed E-state index contributed by atoms with van der Waals surface area (Å²) in [5, 5.41) is 3.49. The molecule has 1 saturated heterocycles. The van der Waals surface area contributed by atoms with Crippen LogP contribution in [0.2, 0.25) is 0 Å². The van der Waals surface area contributed by atoms with Crippen molar-refractivity contribution in [3.63, 3.8) is 0 Å². The fourth-order valence-corrected chi connectivity index (χ4v) is 3.32. The summed E-state index contributed by atoms with van der Waals surface area (Å²) in [6.07, 6.45) is 9.20. The highest BCUT2D eigenvalue weighted by Gasteiger charge is 2.27. The van der Waals surface area contributed by atoms with Gasteiger partial charge in [-0.15, -0.1) is 0 Å². The predicted octanol–water partition coefficient (Wildman–Crippen LogP) is 2.75. The molecule has 0 bridgehead atoms. The van der Waals surface area contributed by atoms with Crippen LogP contribution in [-0.2, 0) is 11.2 Å². The molecule has 1 aliphatic heterocycles. The Hall–Kier alpha value is -2.27. The topological polar surface area (TPSA) is 58.1 Å². The van der Waals surface area contributed by atoms with Gasteiger partial charge in [0.15, 0.2) is 0 Å². The summed E-state index contributed by atoms with van der Waals surface area (Å²) < 4.78 is 0. The summed E-state index contributed by atoms with van der Waals surface area (Å²) >= 11 is 0. The number of carbonyl (C=O) groups is 1. The third-order valence-corrected chi connectivity index (χ3v) is 4.73. The highest BCUT2D eigenvalue weighted by atomic mass is 16.2. The summed E-state index contributed by atoms with van der Waals surface area (Å²) in [6, 6.07) is 9.90. The van der Waals surface area contributed by atoms with E-state index in [1.54, 1.807) is 18.6 Å². The lowest BCUT2D eigenvalue weighted by Crippen LogP contribution is -2.50. The van der Waals surface area contributed by atoms with Gasteiger partial charge >= 0.3 is 0 Å². The van der Waals surface area contributed by atoms with Crippen LogP contribution in [0.4, 0.5) is 0 Å². The van der Waals surface area contributed by atoms with Gasteiger partial charge in [0.1, 0.15) is 0 Å². The Morgan fingerprint density at radius 2 is 1.92 bits per heavy atom. The lowest BCUT2D eigenvalue weighted by atomic mass is 10.0. The summed E-state index contributed by atoms with van der Waals surface area (Å²) in [4.78, 5) is 23.6. The van der Waals surface area contributed by atoms with Crippen LogP contribution in [-0.4, -0.2) is 39.9 Å². The van der Waals surface area contributed by atoms with Crippen LogP contribution in [0, 0.1) is 0 Å². The number of piperidine rings is 1. The highest BCUT2D eigenvalue weighted by molar-refractivity contribution is 5.82. The molecule has 1 aliphatic rings. The summed E-state index contributed by atoms with van der Waals surface area (Å²) in [5.41, 5.74) is 2.02. The predicted molar refractivity (Wildman–Crippen MR) is 97.9 cm³/mol. The maximum atomic E-state index is 13.1. The molecule has 0 aliphatic carbocycles. The van der Waals surface area contributed by atoms with E-state index >= 15 is 0 Å². The molecule has 1 fully saturated rings. The fraction of sp³-hybridized carbons (Fsp3) is 0.450. The number of aromatic nitrogens is 2. The quantitative estimate of drug-likeness (QED) is 0.880. The molecule has 0 unspecified atom stereocenters. The lowest BCUT2D eigenvalue weighted by Gasteiger charge is -2.32. The number of amides is 1. The van der Waals surface area contributed by atoms with Crippen molar-refractivity contribution in [2.75, 3.05) is 13.1 Å². The van der Waals surface area contributed by atoms with E-state index in [0.717, 1.165) is 37.2 Å². The molecule has 3 rings (SSSR count). The molecule has 1 aromatic heterocycles. The Morgan fingerprint density at radius 3 is 2.60 bits per heavy atom. The van der Waals surface area contributed by atoms with Crippen molar-refractivity contribution in [2.24, 2.45) is 0 Å². The van der Waals surface area contributed by atoms with Crippen molar-refractivity contribution in [1.82, 2.24) is 20.2 Å². The number of hydrogen-bond acceptors (Lipinski definition) is 4. The van der Waals surface area contributed by atoms with Gasteiger partial charge in [-0.1, -0.05) is 30.3 Å². The number of nitrogens with one attached hydrogen (secondary N) is 1. The molecule has 1 amide bonds. The Labute approximate surface area is 149 Å². The van der Waals surface area contributed by atoms with E-state index in [-0.39, 0.29) is 18.0 Å². The van der Waals surface area contributed by atoms with Gasteiger partial charge in [-0.3, -0.25) is 20.1 Å². The van der Waals surface area contributed by atoms with Gasteiger partial charge in [0.05, 0.1) is 11.7 Å². The highest BCUT2D eigenvalue weighted by Crippen LogP contribution is 2.16. The van der Waals surface area contributed by atoms with Crippen LogP contribution in [0.25, 0.3) is 0 Å². The molecule has 1 aromatic carbocycles. The van der Waals surface area contributed by atoms with Crippen LogP contribution in [0.15, 0.2) is 48.9 Å². The minimum Gasteiger partial charge on any atom is -0.341 e. The maximum Gasteiger partial charge on any atom is 0.240 e. The first-order valence-electron chi connectivity index (χ1n) is 9.08. The van der Waals surface area contributed by atoms with Crippen molar-refractivity contribution in [1.29, 1.82) is 0 Å². The molecule has 2 atom stereocenters. The molecule has 2 heterocycles. The summed E-state index contributed by atoms with van der Waals surface area (Å²) in [6.45, 7) is 3.77. The van der Waals surface area contributed by atoms with Crippen LogP contribution < -0.4 is 5.32 Å². The summed E-state index contributed by atoms with van der Waals surface area (Å²) in [7, 11) is 0. The molecule has 1 N–H and O–H groups in total. The Kier molecular flexibility index (Phi) is 6.12. The number of rotatable bonds is 6. The smallest absolute Gasteiger partial charge is 0.240 e. The third-order valence-electron chi connectivity index (χ3n) is 4.73. The second kappa shape index (κ2) is 8.72. The first-order chi connectivity index (χ1) is 12.2. The molecular formula is C20H26N4O. The summed E-state index contributed by atoms with van der Waals surface area (Å²) in [5.74, 6) is 0.194. The SMILES string of the molecule is C[C@@H](N[C@@H](Cc1ccccc1)C(=O)N1CCCCC1)c1cnccn1. The number of hydrogen-bond donors (Lipinski definition) is 1. The van der Waals surface area contributed by atoms with Gasteiger partial charge in [0.25, 0.3) is 0 Å². The van der Waals surface area contributed by atoms with Crippen molar-refractivity contribution in [3.05, 3.63) is 60.2 Å². The minimum absolute atomic E-state index is 0.0313. The average molecular weight is 338 g/mol. The number of likely N-dealkylation sites (tertiary alicyclic amines) is 1. The standard InChI is InChI=1S/C20H26N4O/c1-16(19-15-21-10-11-22-19)23-18(14-17-8-4-2-5-9-17)20(25)24-12-6-3-7-13-24/h2,4-5,8-11,15-16,18,23H,3,6-7,12-14H2,1H3/t16-,18+/m1/s1. The molecule has 2 aromatic rings. The van der Waals surface area contributed by atoms with Crippen LogP contribution >= 0.6 is 0 Å². The van der Waals surface area contributed by atoms with Crippen LogP contribution in [0.5, 0.6) is 0 Å². The first kappa shape index (κ1) is 17.5. The minimum atomic E-state index is -0.252. The van der Waals surface area contributed by atoms with E-state index in [9.17, 15) is 4.79 Å². The van der Waals surface area contributed by atoms with Crippen molar-refractivity contribution >= 4 is 5.91 Å². The largest absolute Gasteiger partial charge is 0.341 e. The maximum absolute atomic E-state index is 13.1. The van der Waals surface area contributed by atoms with E-state index in [1.165, 1.54) is 6.42 Å². The molecule has 0 radical (unpaired) electrons. The van der Waals surface area contributed by atoms with Crippen LogP contribution in [0.3, 0.4) is 0 Å². The Bertz CT molecular complexity index is 656. The zero-order valence-corrected chi connectivity index (χ0v) is 14.8. The molecular weight excluding hydrogens is 312 g/mol. The molecule has 25 heavy (non-hydrogen) atoms. The van der Waals surface area contributed by atoms with Gasteiger partial charge in [0, 0.05) is 37.7 Å². The van der Waals surface area contributed by atoms with Crippen molar-refractivity contribution in [3.8, 4) is 0 Å². The molecule has 132 valence electrons. The van der Waals surface area contributed by atoms with Gasteiger partial charge in [-0.25, -0.2) is 0 Å². The fourth-order valence-electron chi connectivity index (χ4n) is 3.32. The van der Waals surface area contributed by atoms with Crippen LogP contribution in [0.1, 0.15) is 43.5 Å². The normalized spacial score (nSPS) is 17.1. The van der Waals surface area contributed by atoms with Gasteiger partial charge in [0.2, 0.25) is 5.91 Å². The molecule has 5 heteroatoms. The number of nitrogens with zero attached hydrogens (tertiary/aromatic N) is 3. The van der Waals surface area contributed by atoms with Crippen molar-refractivity contribution in [2.45, 2.75) is 44.7 Å². The number of benzene rings is 1. The van der Waals surface area contributed by atoms with E-state index in [0.29, 0.717) is 6.42 Å². The van der Waals surface area contributed by atoms with Gasteiger partial charge in [-0.2, -0.15) is 0 Å². The van der Waals surface area contributed by atoms with E-state index in [1.807, 2.05) is 30.0 Å². The monoisotopic (exact) mass is 338 g/mol. The molecule has 0 saturated carbocycles. The average Bonchev–Trinajstić information content (AvgIpc) is 2.69. The molecule has 0 spiro atoms. The second-order valence-electron chi connectivity index (χ2n) is 6.65. The molecule has 5 nitrogen and oxygen atoms in total. The number of carbonyl (C=O) groups excluding carboxylic acids is 1. The second-order valence-corrected chi connectivity index (χ2v) is 6.65.